The Morgan fingerprint density at radius 3 is 2.60 bits per heavy atom. The van der Waals surface area contributed by atoms with Gasteiger partial charge in [-0.05, 0) is 24.8 Å². The summed E-state index contributed by atoms with van der Waals surface area (Å²) in [5, 5.41) is 10.8. The van der Waals surface area contributed by atoms with Crippen molar-refractivity contribution >= 4 is 5.69 Å². The molecule has 2 fully saturated rings. The van der Waals surface area contributed by atoms with Crippen LogP contribution in [0.3, 0.4) is 0 Å². The highest BCUT2D eigenvalue weighted by atomic mass is 16.6. The number of nitrogens with zero attached hydrogens (tertiary/aromatic N) is 3. The first-order valence-electron chi connectivity index (χ1n) is 7.42. The molecule has 3 rings (SSSR count). The zero-order valence-corrected chi connectivity index (χ0v) is 11.7. The van der Waals surface area contributed by atoms with Crippen LogP contribution in [-0.4, -0.2) is 53.5 Å². The van der Waals surface area contributed by atoms with Gasteiger partial charge >= 0.3 is 0 Å². The van der Waals surface area contributed by atoms with Crippen molar-refractivity contribution in [2.45, 2.75) is 25.3 Å². The number of non-ortho nitro benzene ring substituents is 1. The molecule has 0 radical (unpaired) electrons. The van der Waals surface area contributed by atoms with Crippen LogP contribution in [0, 0.1) is 10.1 Å². The Bertz CT molecular complexity index is 480. The molecule has 0 bridgehead atoms. The summed E-state index contributed by atoms with van der Waals surface area (Å²) >= 11 is 0. The smallest absolute Gasteiger partial charge is 0.269 e. The number of rotatable bonds is 5. The molecule has 0 spiro atoms. The van der Waals surface area contributed by atoms with Crippen LogP contribution < -0.4 is 0 Å². The Labute approximate surface area is 119 Å². The van der Waals surface area contributed by atoms with Gasteiger partial charge in [-0.3, -0.25) is 15.0 Å². The van der Waals surface area contributed by atoms with E-state index in [0.717, 1.165) is 37.7 Å². The van der Waals surface area contributed by atoms with Gasteiger partial charge in [-0.2, -0.15) is 0 Å². The highest BCUT2D eigenvalue weighted by Crippen LogP contribution is 2.27. The third-order valence-electron chi connectivity index (χ3n) is 4.31. The molecular formula is C15H21N3O2. The van der Waals surface area contributed by atoms with Crippen LogP contribution in [0.25, 0.3) is 0 Å². The number of piperazine rings is 1. The lowest BCUT2D eigenvalue weighted by molar-refractivity contribution is -0.384. The van der Waals surface area contributed by atoms with Gasteiger partial charge in [0, 0.05) is 50.9 Å². The van der Waals surface area contributed by atoms with Gasteiger partial charge in [0.05, 0.1) is 4.92 Å². The van der Waals surface area contributed by atoms with Crippen LogP contribution in [0.5, 0.6) is 0 Å². The minimum absolute atomic E-state index is 0.195. The lowest BCUT2D eigenvalue weighted by Crippen LogP contribution is -2.47. The molecule has 1 aromatic carbocycles. The van der Waals surface area contributed by atoms with Crippen LogP contribution in [-0.2, 0) is 6.42 Å². The molecule has 1 heterocycles. The van der Waals surface area contributed by atoms with Crippen molar-refractivity contribution in [3.05, 3.63) is 39.9 Å². The van der Waals surface area contributed by atoms with Crippen LogP contribution in [0.4, 0.5) is 5.69 Å². The van der Waals surface area contributed by atoms with E-state index < -0.39 is 0 Å². The zero-order valence-electron chi connectivity index (χ0n) is 11.7. The van der Waals surface area contributed by atoms with Crippen LogP contribution >= 0.6 is 0 Å². The van der Waals surface area contributed by atoms with Crippen LogP contribution in [0.15, 0.2) is 24.3 Å². The summed E-state index contributed by atoms with van der Waals surface area (Å²) in [5.74, 6) is 0. The van der Waals surface area contributed by atoms with Crippen LogP contribution in [0.1, 0.15) is 18.4 Å². The monoisotopic (exact) mass is 275 g/mol. The molecule has 0 N–H and O–H groups in total. The predicted molar refractivity (Wildman–Crippen MR) is 77.8 cm³/mol. The van der Waals surface area contributed by atoms with E-state index >= 15 is 0 Å². The van der Waals surface area contributed by atoms with Crippen molar-refractivity contribution < 1.29 is 4.92 Å². The minimum Gasteiger partial charge on any atom is -0.300 e. The first-order chi connectivity index (χ1) is 9.72. The fourth-order valence-corrected chi connectivity index (χ4v) is 2.90. The maximum absolute atomic E-state index is 10.8. The van der Waals surface area contributed by atoms with Crippen molar-refractivity contribution in [2.75, 3.05) is 32.7 Å². The molecule has 5 heteroatoms. The molecule has 1 saturated carbocycles. The van der Waals surface area contributed by atoms with Gasteiger partial charge in [-0.1, -0.05) is 12.1 Å². The second-order valence-corrected chi connectivity index (χ2v) is 5.79. The summed E-state index contributed by atoms with van der Waals surface area (Å²) in [7, 11) is 0. The fraction of sp³-hybridized carbons (Fsp3) is 0.600. The number of nitro benzene ring substituents is 1. The summed E-state index contributed by atoms with van der Waals surface area (Å²) in [5.41, 5.74) is 1.25. The summed E-state index contributed by atoms with van der Waals surface area (Å²) in [4.78, 5) is 15.5. The van der Waals surface area contributed by atoms with Crippen molar-refractivity contribution in [2.24, 2.45) is 0 Å². The number of hydrogen-bond donors (Lipinski definition) is 0. The zero-order chi connectivity index (χ0) is 13.9. The van der Waals surface area contributed by atoms with E-state index in [1.54, 1.807) is 18.2 Å². The molecule has 1 aliphatic carbocycles. The summed E-state index contributed by atoms with van der Waals surface area (Å²) in [6.07, 6.45) is 3.66. The number of hydrogen-bond acceptors (Lipinski definition) is 4. The Kier molecular flexibility index (Phi) is 3.98. The van der Waals surface area contributed by atoms with Crippen molar-refractivity contribution in [3.8, 4) is 0 Å². The summed E-state index contributed by atoms with van der Waals surface area (Å²) < 4.78 is 0. The number of nitro groups is 1. The molecule has 1 saturated heterocycles. The second kappa shape index (κ2) is 5.89. The fourth-order valence-electron chi connectivity index (χ4n) is 2.90. The van der Waals surface area contributed by atoms with E-state index in [-0.39, 0.29) is 10.6 Å². The van der Waals surface area contributed by atoms with E-state index in [1.165, 1.54) is 25.9 Å². The predicted octanol–water partition coefficient (Wildman–Crippen LogP) is 1.92. The standard InChI is InChI=1S/C15H21N3O2/c19-18(20)15-3-1-2-13(12-15)6-7-16-8-10-17(11-9-16)14-4-5-14/h1-3,12,14H,4-11H2. The normalized spacial score (nSPS) is 21.0. The maximum Gasteiger partial charge on any atom is 0.269 e. The van der Waals surface area contributed by atoms with Gasteiger partial charge in [0.2, 0.25) is 0 Å². The summed E-state index contributed by atoms with van der Waals surface area (Å²) in [6, 6.07) is 7.87. The first kappa shape index (κ1) is 13.5. The lowest BCUT2D eigenvalue weighted by Gasteiger charge is -2.34. The van der Waals surface area contributed by atoms with Gasteiger partial charge in [-0.25, -0.2) is 0 Å². The Hall–Kier alpha value is -1.46. The topological polar surface area (TPSA) is 49.6 Å². The summed E-state index contributed by atoms with van der Waals surface area (Å²) in [6.45, 7) is 5.62. The average Bonchev–Trinajstić information content (AvgIpc) is 3.31. The van der Waals surface area contributed by atoms with Crippen molar-refractivity contribution in [1.29, 1.82) is 0 Å². The van der Waals surface area contributed by atoms with E-state index in [4.69, 9.17) is 0 Å². The molecule has 20 heavy (non-hydrogen) atoms. The van der Waals surface area contributed by atoms with Gasteiger partial charge in [0.25, 0.3) is 5.69 Å². The van der Waals surface area contributed by atoms with Crippen LogP contribution in [0.2, 0.25) is 0 Å². The Balaban J connectivity index is 1.47. The molecule has 0 amide bonds. The minimum atomic E-state index is -0.322. The third-order valence-corrected chi connectivity index (χ3v) is 4.31. The van der Waals surface area contributed by atoms with Crippen molar-refractivity contribution in [1.82, 2.24) is 9.80 Å². The molecule has 5 nitrogen and oxygen atoms in total. The largest absolute Gasteiger partial charge is 0.300 e. The average molecular weight is 275 g/mol. The highest BCUT2D eigenvalue weighted by molar-refractivity contribution is 5.34. The molecule has 1 aliphatic heterocycles. The molecule has 108 valence electrons. The van der Waals surface area contributed by atoms with E-state index in [9.17, 15) is 10.1 Å². The lowest BCUT2D eigenvalue weighted by atomic mass is 10.1. The van der Waals surface area contributed by atoms with Gasteiger partial charge in [-0.15, -0.1) is 0 Å². The first-order valence-corrected chi connectivity index (χ1v) is 7.42. The molecule has 1 aromatic rings. The van der Waals surface area contributed by atoms with E-state index in [1.807, 2.05) is 6.07 Å². The SMILES string of the molecule is O=[N+]([O-])c1cccc(CCN2CCN(C3CC3)CC2)c1. The van der Waals surface area contributed by atoms with Gasteiger partial charge < -0.3 is 4.90 Å². The number of benzene rings is 1. The third kappa shape index (κ3) is 3.35. The molecule has 2 aliphatic rings. The maximum atomic E-state index is 10.8. The Morgan fingerprint density at radius 1 is 1.20 bits per heavy atom. The molecule has 0 unspecified atom stereocenters. The van der Waals surface area contributed by atoms with Gasteiger partial charge in [0.15, 0.2) is 0 Å². The van der Waals surface area contributed by atoms with Gasteiger partial charge in [0.1, 0.15) is 0 Å². The molecule has 0 aromatic heterocycles. The molecule has 0 atom stereocenters. The second-order valence-electron chi connectivity index (χ2n) is 5.79. The van der Waals surface area contributed by atoms with Crippen molar-refractivity contribution in [3.63, 3.8) is 0 Å². The quantitative estimate of drug-likeness (QED) is 0.608. The van der Waals surface area contributed by atoms with E-state index in [2.05, 4.69) is 9.80 Å². The molecular weight excluding hydrogens is 254 g/mol. The highest BCUT2D eigenvalue weighted by Gasteiger charge is 2.30. The Morgan fingerprint density at radius 2 is 1.95 bits per heavy atom. The van der Waals surface area contributed by atoms with E-state index in [0.29, 0.717) is 0 Å².